The third-order valence-corrected chi connectivity index (χ3v) is 1.97. The Bertz CT molecular complexity index is 339. The van der Waals surface area contributed by atoms with Gasteiger partial charge in [-0.2, -0.15) is 21.1 Å². The second-order valence-electron chi connectivity index (χ2n) is 1.65. The summed E-state index contributed by atoms with van der Waals surface area (Å²) in [7, 11) is -8.69. The predicted octanol–water partition coefficient (Wildman–Crippen LogP) is -1.17. The van der Waals surface area contributed by atoms with Gasteiger partial charge in [0.15, 0.2) is 0 Å². The van der Waals surface area contributed by atoms with Crippen molar-refractivity contribution in [2.24, 2.45) is 0 Å². The molecule has 0 aromatic heterocycles. The van der Waals surface area contributed by atoms with Crippen LogP contribution in [0.3, 0.4) is 0 Å². The van der Waals surface area contributed by atoms with Crippen LogP contribution in [-0.4, -0.2) is 27.1 Å². The molecule has 0 unspecified atom stereocenters. The average molecular weight is 217 g/mol. The summed E-state index contributed by atoms with van der Waals surface area (Å²) in [6.45, 7) is 3.09. The van der Waals surface area contributed by atoms with Crippen molar-refractivity contribution in [3.8, 4) is 0 Å². The van der Waals surface area contributed by atoms with Crippen molar-refractivity contribution in [1.82, 2.24) is 4.89 Å². The number of hydrogen-bond donors (Lipinski definition) is 2. The van der Waals surface area contributed by atoms with Crippen LogP contribution < -0.4 is 4.89 Å². The Morgan fingerprint density at radius 3 is 2.25 bits per heavy atom. The maximum absolute atomic E-state index is 10.5. The molecule has 0 fully saturated rings. The summed E-state index contributed by atoms with van der Waals surface area (Å²) in [5, 5.41) is 0. The molecule has 9 heteroatoms. The zero-order valence-corrected chi connectivity index (χ0v) is 7.43. The first-order chi connectivity index (χ1) is 5.27. The normalized spacial score (nSPS) is 12.8. The highest BCUT2D eigenvalue weighted by Crippen LogP contribution is 1.90. The maximum atomic E-state index is 10.5. The number of nitrogens with one attached hydrogen (secondary N) is 1. The van der Waals surface area contributed by atoms with Crippen molar-refractivity contribution in [3.05, 3.63) is 12.7 Å². The smallest absolute Gasteiger partial charge is 0.272 e. The molecule has 0 bridgehead atoms. The van der Waals surface area contributed by atoms with Crippen LogP contribution in [0.15, 0.2) is 12.7 Å². The molecule has 0 saturated heterocycles. The fourth-order valence-electron chi connectivity index (χ4n) is 0.273. The third kappa shape index (κ3) is 6.24. The van der Waals surface area contributed by atoms with Gasteiger partial charge < -0.3 is 0 Å². The van der Waals surface area contributed by atoms with Gasteiger partial charge in [0.05, 0.1) is 5.75 Å². The van der Waals surface area contributed by atoms with Crippen LogP contribution in [0.1, 0.15) is 0 Å². The lowest BCUT2D eigenvalue weighted by atomic mass is 10.8. The third-order valence-electron chi connectivity index (χ3n) is 0.588. The maximum Gasteiger partial charge on any atom is 0.356 e. The summed E-state index contributed by atoms with van der Waals surface area (Å²) in [4.78, 5) is 0.939. The molecule has 0 spiro atoms. The van der Waals surface area contributed by atoms with Gasteiger partial charge >= 0.3 is 10.3 Å². The molecule has 12 heavy (non-hydrogen) atoms. The van der Waals surface area contributed by atoms with E-state index in [1.165, 1.54) is 0 Å². The van der Waals surface area contributed by atoms with Gasteiger partial charge in [-0.25, -0.2) is 0 Å². The Kier molecular flexibility index (Phi) is 3.80. The highest BCUT2D eigenvalue weighted by molar-refractivity contribution is 7.88. The van der Waals surface area contributed by atoms with Gasteiger partial charge in [0.1, 0.15) is 0 Å². The largest absolute Gasteiger partial charge is 0.356 e. The number of hydrogen-bond acceptors (Lipinski definition) is 5. The molecular weight excluding hydrogens is 210 g/mol. The molecule has 0 aliphatic rings. The topological polar surface area (TPSA) is 110 Å². The quantitative estimate of drug-likeness (QED) is 0.341. The van der Waals surface area contributed by atoms with Crippen molar-refractivity contribution in [2.75, 3.05) is 5.75 Å². The van der Waals surface area contributed by atoms with E-state index >= 15 is 0 Å². The van der Waals surface area contributed by atoms with E-state index in [-0.39, 0.29) is 0 Å². The van der Waals surface area contributed by atoms with Crippen molar-refractivity contribution < 1.29 is 25.7 Å². The van der Waals surface area contributed by atoms with Gasteiger partial charge in [-0.3, -0.25) is 4.55 Å². The van der Waals surface area contributed by atoms with Crippen LogP contribution in [0, 0.1) is 0 Å². The van der Waals surface area contributed by atoms with Crippen molar-refractivity contribution in [3.63, 3.8) is 0 Å². The van der Waals surface area contributed by atoms with E-state index < -0.39 is 26.2 Å². The first kappa shape index (κ1) is 11.5. The minimum Gasteiger partial charge on any atom is -0.272 e. The van der Waals surface area contributed by atoms with E-state index in [1.54, 1.807) is 0 Å². The molecule has 0 radical (unpaired) electrons. The van der Waals surface area contributed by atoms with Crippen LogP contribution >= 0.6 is 0 Å². The van der Waals surface area contributed by atoms with Crippen LogP contribution in [0.25, 0.3) is 0 Å². The molecule has 7 nitrogen and oxygen atoms in total. The molecular formula is C3H7NO6S2. The first-order valence-electron chi connectivity index (χ1n) is 2.53. The summed E-state index contributed by atoms with van der Waals surface area (Å²) in [5.74, 6) is -0.560. The molecule has 72 valence electrons. The summed E-state index contributed by atoms with van der Waals surface area (Å²) < 4.78 is 52.6. The lowest BCUT2D eigenvalue weighted by Crippen LogP contribution is -2.27. The average Bonchev–Trinajstić information content (AvgIpc) is 1.83. The van der Waals surface area contributed by atoms with E-state index in [4.69, 9.17) is 4.55 Å². The van der Waals surface area contributed by atoms with Crippen molar-refractivity contribution >= 4 is 20.4 Å². The van der Waals surface area contributed by atoms with Gasteiger partial charge in [0.25, 0.3) is 10.1 Å². The monoisotopic (exact) mass is 217 g/mol. The highest BCUT2D eigenvalue weighted by Gasteiger charge is 2.13. The molecule has 0 rings (SSSR count). The van der Waals surface area contributed by atoms with E-state index in [2.05, 4.69) is 10.9 Å². The Hall–Kier alpha value is -0.480. The minimum atomic E-state index is -4.66. The zero-order valence-electron chi connectivity index (χ0n) is 5.80. The molecule has 0 aliphatic heterocycles. The van der Waals surface area contributed by atoms with E-state index in [1.807, 2.05) is 0 Å². The molecule has 2 N–H and O–H groups in total. The molecule has 0 atom stereocenters. The summed E-state index contributed by atoms with van der Waals surface area (Å²) in [6, 6.07) is 0. The van der Waals surface area contributed by atoms with E-state index in [0.29, 0.717) is 0 Å². The summed E-state index contributed by atoms with van der Waals surface area (Å²) in [5.41, 5.74) is 0. The summed E-state index contributed by atoms with van der Waals surface area (Å²) >= 11 is 0. The van der Waals surface area contributed by atoms with Gasteiger partial charge in [0.2, 0.25) is 0 Å². The second-order valence-corrected chi connectivity index (χ2v) is 4.39. The lowest BCUT2D eigenvalue weighted by molar-refractivity contribution is 0.258. The van der Waals surface area contributed by atoms with Gasteiger partial charge in [0, 0.05) is 0 Å². The van der Waals surface area contributed by atoms with Crippen LogP contribution in [0.5, 0.6) is 0 Å². The zero-order chi connectivity index (χ0) is 9.83. The van der Waals surface area contributed by atoms with Gasteiger partial charge in [-0.1, -0.05) is 11.0 Å². The first-order valence-corrected chi connectivity index (χ1v) is 5.55. The Morgan fingerprint density at radius 2 is 1.92 bits per heavy atom. The fourth-order valence-corrected chi connectivity index (χ4v) is 1.39. The molecule has 0 heterocycles. The minimum absolute atomic E-state index is 0.560. The standard InChI is InChI=1S/C3H7NO6S2/c1-2-3-11(5,6)10-4-12(7,8)9/h2,4H,1,3H2,(H,7,8,9). The van der Waals surface area contributed by atoms with Crippen molar-refractivity contribution in [2.45, 2.75) is 0 Å². The SMILES string of the molecule is C=CCS(=O)(=O)ONS(=O)(=O)O. The van der Waals surface area contributed by atoms with Crippen LogP contribution in [-0.2, 0) is 24.7 Å². The second kappa shape index (κ2) is 3.96. The lowest BCUT2D eigenvalue weighted by Gasteiger charge is -2.00. The molecule has 0 saturated carbocycles. The Labute approximate surface area is 70.0 Å². The Balaban J connectivity index is 4.20. The predicted molar refractivity (Wildman–Crippen MR) is 39.8 cm³/mol. The van der Waals surface area contributed by atoms with Crippen LogP contribution in [0.4, 0.5) is 0 Å². The molecule has 0 aromatic rings. The summed E-state index contributed by atoms with van der Waals surface area (Å²) in [6.07, 6.45) is 1.00. The van der Waals surface area contributed by atoms with E-state index in [9.17, 15) is 16.8 Å². The highest BCUT2D eigenvalue weighted by atomic mass is 32.2. The van der Waals surface area contributed by atoms with Crippen molar-refractivity contribution in [1.29, 1.82) is 0 Å². The van der Waals surface area contributed by atoms with Gasteiger partial charge in [-0.15, -0.1) is 6.58 Å². The number of rotatable bonds is 5. The van der Waals surface area contributed by atoms with E-state index in [0.717, 1.165) is 11.0 Å². The Morgan fingerprint density at radius 1 is 1.42 bits per heavy atom. The molecule has 0 amide bonds. The van der Waals surface area contributed by atoms with Gasteiger partial charge in [-0.05, 0) is 0 Å². The fraction of sp³-hybridized carbons (Fsp3) is 0.333. The molecule has 0 aromatic carbocycles. The molecule has 0 aliphatic carbocycles. The van der Waals surface area contributed by atoms with Crippen LogP contribution in [0.2, 0.25) is 0 Å².